The van der Waals surface area contributed by atoms with E-state index in [1.54, 1.807) is 0 Å². The summed E-state index contributed by atoms with van der Waals surface area (Å²) in [6.07, 6.45) is 26.7. The molecule has 0 amide bonds. The van der Waals surface area contributed by atoms with Crippen LogP contribution in [0.15, 0.2) is 48.6 Å². The fourth-order valence-corrected chi connectivity index (χ4v) is 1.98. The topological polar surface area (TPSA) is 20.2 Å². The molecule has 0 aliphatic heterocycles. The Hall–Kier alpha value is -1.08. The second-order valence-electron chi connectivity index (χ2n) is 5.39. The Labute approximate surface area is 132 Å². The van der Waals surface area contributed by atoms with Crippen molar-refractivity contribution in [2.45, 2.75) is 77.7 Å². The maximum absolute atomic E-state index is 9.75. The van der Waals surface area contributed by atoms with E-state index in [4.69, 9.17) is 0 Å². The van der Waals surface area contributed by atoms with Gasteiger partial charge >= 0.3 is 0 Å². The zero-order valence-corrected chi connectivity index (χ0v) is 14.0. The van der Waals surface area contributed by atoms with Crippen molar-refractivity contribution in [1.29, 1.82) is 0 Å². The predicted molar refractivity (Wildman–Crippen MR) is 95.5 cm³/mol. The van der Waals surface area contributed by atoms with E-state index in [2.05, 4.69) is 62.5 Å². The van der Waals surface area contributed by atoms with Gasteiger partial charge in [0.1, 0.15) is 0 Å². The fraction of sp³-hybridized carbons (Fsp3) is 0.600. The molecule has 0 heterocycles. The Morgan fingerprint density at radius 1 is 0.714 bits per heavy atom. The summed E-state index contributed by atoms with van der Waals surface area (Å²) in [6, 6.07) is 0. The first-order valence-electron chi connectivity index (χ1n) is 8.59. The third kappa shape index (κ3) is 16.9. The van der Waals surface area contributed by atoms with Crippen LogP contribution in [0.5, 0.6) is 0 Å². The first kappa shape index (κ1) is 19.9. The van der Waals surface area contributed by atoms with E-state index in [1.807, 2.05) is 0 Å². The van der Waals surface area contributed by atoms with Crippen LogP contribution in [0.1, 0.15) is 71.6 Å². The standard InChI is InChI=1S/C20H34O/c1-3-5-7-8-9-10-11-12-13-14-15-17-19-20(21)18-16-6-4-2/h5,7,9-10,12-13,15,17,20-21H,3-4,6,8,11,14,16,18-19H2,1-2H3. The Morgan fingerprint density at radius 3 is 1.76 bits per heavy atom. The lowest BCUT2D eigenvalue weighted by atomic mass is 10.1. The summed E-state index contributed by atoms with van der Waals surface area (Å²) in [4.78, 5) is 0. The Bertz CT molecular complexity index is 310. The van der Waals surface area contributed by atoms with Crippen LogP contribution in [0.2, 0.25) is 0 Å². The summed E-state index contributed by atoms with van der Waals surface area (Å²) >= 11 is 0. The molecular weight excluding hydrogens is 256 g/mol. The molecule has 0 aliphatic rings. The summed E-state index contributed by atoms with van der Waals surface area (Å²) < 4.78 is 0. The number of hydrogen-bond acceptors (Lipinski definition) is 1. The van der Waals surface area contributed by atoms with Crippen LogP contribution in [0.25, 0.3) is 0 Å². The minimum atomic E-state index is -0.157. The summed E-state index contributed by atoms with van der Waals surface area (Å²) in [5, 5.41) is 9.75. The minimum absolute atomic E-state index is 0.157. The zero-order valence-electron chi connectivity index (χ0n) is 14.0. The summed E-state index contributed by atoms with van der Waals surface area (Å²) in [6.45, 7) is 4.34. The maximum Gasteiger partial charge on any atom is 0.0574 e. The van der Waals surface area contributed by atoms with E-state index >= 15 is 0 Å². The van der Waals surface area contributed by atoms with Crippen LogP contribution in [0.4, 0.5) is 0 Å². The highest BCUT2D eigenvalue weighted by Gasteiger charge is 1.99. The van der Waals surface area contributed by atoms with Gasteiger partial charge in [-0.1, -0.05) is 81.7 Å². The molecule has 0 radical (unpaired) electrons. The van der Waals surface area contributed by atoms with Gasteiger partial charge < -0.3 is 5.11 Å². The van der Waals surface area contributed by atoms with E-state index < -0.39 is 0 Å². The van der Waals surface area contributed by atoms with Crippen molar-refractivity contribution in [1.82, 2.24) is 0 Å². The van der Waals surface area contributed by atoms with Crippen molar-refractivity contribution in [2.75, 3.05) is 0 Å². The van der Waals surface area contributed by atoms with Gasteiger partial charge in [0.25, 0.3) is 0 Å². The third-order valence-corrected chi connectivity index (χ3v) is 3.27. The van der Waals surface area contributed by atoms with Crippen LogP contribution < -0.4 is 0 Å². The average molecular weight is 290 g/mol. The predicted octanol–water partition coefficient (Wildman–Crippen LogP) is 6.12. The Kier molecular flexibility index (Phi) is 16.1. The van der Waals surface area contributed by atoms with Gasteiger partial charge in [-0.2, -0.15) is 0 Å². The summed E-state index contributed by atoms with van der Waals surface area (Å²) in [5.41, 5.74) is 0. The van der Waals surface area contributed by atoms with Crippen LogP contribution in [-0.2, 0) is 0 Å². The molecule has 0 aromatic carbocycles. The third-order valence-electron chi connectivity index (χ3n) is 3.27. The lowest BCUT2D eigenvalue weighted by Crippen LogP contribution is -2.03. The SMILES string of the molecule is CCC=CCC=CCC=CCC=CCC(O)CCCCC. The first-order chi connectivity index (χ1) is 10.3. The van der Waals surface area contributed by atoms with Gasteiger partial charge in [0, 0.05) is 0 Å². The van der Waals surface area contributed by atoms with Gasteiger partial charge in [-0.25, -0.2) is 0 Å². The number of aliphatic hydroxyl groups excluding tert-OH is 1. The molecule has 120 valence electrons. The molecular formula is C20H34O. The van der Waals surface area contributed by atoms with Gasteiger partial charge in [0.05, 0.1) is 6.10 Å². The van der Waals surface area contributed by atoms with Crippen LogP contribution in [0.3, 0.4) is 0 Å². The number of rotatable bonds is 13. The van der Waals surface area contributed by atoms with Crippen LogP contribution in [-0.4, -0.2) is 11.2 Å². The molecule has 1 N–H and O–H groups in total. The molecule has 1 unspecified atom stereocenters. The molecule has 0 rings (SSSR count). The normalized spacial score (nSPS) is 14.2. The van der Waals surface area contributed by atoms with E-state index in [0.29, 0.717) is 0 Å². The smallest absolute Gasteiger partial charge is 0.0574 e. The van der Waals surface area contributed by atoms with Gasteiger partial charge in [0.15, 0.2) is 0 Å². The van der Waals surface area contributed by atoms with Crippen molar-refractivity contribution >= 4 is 0 Å². The van der Waals surface area contributed by atoms with Gasteiger partial charge in [0.2, 0.25) is 0 Å². The van der Waals surface area contributed by atoms with Gasteiger partial charge in [-0.3, -0.25) is 0 Å². The lowest BCUT2D eigenvalue weighted by Gasteiger charge is -2.06. The Balaban J connectivity index is 3.49. The van der Waals surface area contributed by atoms with E-state index in [9.17, 15) is 5.11 Å². The number of aliphatic hydroxyl groups is 1. The number of hydrogen-bond donors (Lipinski definition) is 1. The van der Waals surface area contributed by atoms with Crippen molar-refractivity contribution in [3.05, 3.63) is 48.6 Å². The molecule has 1 nitrogen and oxygen atoms in total. The lowest BCUT2D eigenvalue weighted by molar-refractivity contribution is 0.164. The van der Waals surface area contributed by atoms with Crippen molar-refractivity contribution in [3.8, 4) is 0 Å². The van der Waals surface area contributed by atoms with Crippen molar-refractivity contribution in [3.63, 3.8) is 0 Å². The second kappa shape index (κ2) is 17.0. The zero-order chi connectivity index (χ0) is 15.6. The summed E-state index contributed by atoms with van der Waals surface area (Å²) in [7, 11) is 0. The molecule has 21 heavy (non-hydrogen) atoms. The largest absolute Gasteiger partial charge is 0.393 e. The monoisotopic (exact) mass is 290 g/mol. The van der Waals surface area contributed by atoms with Crippen molar-refractivity contribution < 1.29 is 5.11 Å². The maximum atomic E-state index is 9.75. The Morgan fingerprint density at radius 2 is 1.24 bits per heavy atom. The van der Waals surface area contributed by atoms with Crippen LogP contribution >= 0.6 is 0 Å². The highest BCUT2D eigenvalue weighted by atomic mass is 16.3. The first-order valence-corrected chi connectivity index (χ1v) is 8.59. The highest BCUT2D eigenvalue weighted by molar-refractivity contribution is 4.99. The summed E-state index contributed by atoms with van der Waals surface area (Å²) in [5.74, 6) is 0. The van der Waals surface area contributed by atoms with E-state index in [1.165, 1.54) is 12.8 Å². The second-order valence-corrected chi connectivity index (χ2v) is 5.39. The average Bonchev–Trinajstić information content (AvgIpc) is 2.48. The molecule has 0 spiro atoms. The highest BCUT2D eigenvalue weighted by Crippen LogP contribution is 2.07. The molecule has 0 aliphatic carbocycles. The van der Waals surface area contributed by atoms with Gasteiger partial charge in [-0.05, 0) is 38.5 Å². The number of allylic oxidation sites excluding steroid dienone is 7. The van der Waals surface area contributed by atoms with Crippen molar-refractivity contribution in [2.24, 2.45) is 0 Å². The number of unbranched alkanes of at least 4 members (excludes halogenated alkanes) is 2. The quantitative estimate of drug-likeness (QED) is 0.320. The van der Waals surface area contributed by atoms with Crippen LogP contribution in [0, 0.1) is 0 Å². The molecule has 0 saturated carbocycles. The van der Waals surface area contributed by atoms with E-state index in [0.717, 1.165) is 44.9 Å². The molecule has 1 atom stereocenters. The van der Waals surface area contributed by atoms with Gasteiger partial charge in [-0.15, -0.1) is 0 Å². The molecule has 0 bridgehead atoms. The fourth-order valence-electron chi connectivity index (χ4n) is 1.98. The molecule has 0 aromatic rings. The molecule has 0 aromatic heterocycles. The molecule has 0 fully saturated rings. The molecule has 0 saturated heterocycles. The molecule has 1 heteroatoms. The van der Waals surface area contributed by atoms with E-state index in [-0.39, 0.29) is 6.10 Å². The minimum Gasteiger partial charge on any atom is -0.393 e.